The van der Waals surface area contributed by atoms with E-state index >= 15 is 0 Å². The summed E-state index contributed by atoms with van der Waals surface area (Å²) < 4.78 is 0. The topological polar surface area (TPSA) is 84.2 Å². The maximum Gasteiger partial charge on any atom is 0.305 e. The summed E-state index contributed by atoms with van der Waals surface area (Å²) in [5.41, 5.74) is 9.03. The summed E-state index contributed by atoms with van der Waals surface area (Å²) in [6, 6.07) is 0. The molecular formula is C4H7N3O2S. The third-order valence-corrected chi connectivity index (χ3v) is 0.721. The lowest BCUT2D eigenvalue weighted by atomic mass is 10.4. The predicted octanol–water partition coefficient (Wildman–Crippen LogP) is -1.56. The molecule has 0 aliphatic heterocycles. The Morgan fingerprint density at radius 2 is 1.90 bits per heavy atom. The van der Waals surface area contributed by atoms with Crippen molar-refractivity contribution >= 4 is 29.0 Å². The van der Waals surface area contributed by atoms with Crippen molar-refractivity contribution in [2.45, 2.75) is 6.92 Å². The number of nitrogens with one attached hydrogen (secondary N) is 2. The molecule has 0 fully saturated rings. The van der Waals surface area contributed by atoms with Crippen LogP contribution in [0.1, 0.15) is 6.92 Å². The molecule has 0 bridgehead atoms. The molecule has 5 nitrogen and oxygen atoms in total. The Kier molecular flexibility index (Phi) is 3.34. The first-order valence-electron chi connectivity index (χ1n) is 2.40. The van der Waals surface area contributed by atoms with Crippen LogP contribution in [-0.2, 0) is 9.59 Å². The van der Waals surface area contributed by atoms with Gasteiger partial charge in [0.1, 0.15) is 0 Å². The van der Waals surface area contributed by atoms with E-state index in [4.69, 9.17) is 5.73 Å². The van der Waals surface area contributed by atoms with Crippen molar-refractivity contribution in [2.24, 2.45) is 5.73 Å². The van der Waals surface area contributed by atoms with Gasteiger partial charge in [0.25, 0.3) is 0 Å². The second-order valence-corrected chi connectivity index (χ2v) is 1.94. The van der Waals surface area contributed by atoms with Gasteiger partial charge in [-0.1, -0.05) is 0 Å². The van der Waals surface area contributed by atoms with Crippen molar-refractivity contribution in [2.75, 3.05) is 0 Å². The Bertz CT molecular complexity index is 179. The Balaban J connectivity index is 3.60. The summed E-state index contributed by atoms with van der Waals surface area (Å²) in [4.78, 5) is 20.6. The normalized spacial score (nSPS) is 8.10. The Morgan fingerprint density at radius 1 is 1.40 bits per heavy atom. The molecule has 0 radical (unpaired) electrons. The number of amides is 1. The van der Waals surface area contributed by atoms with Crippen LogP contribution in [-0.4, -0.2) is 16.8 Å². The fourth-order valence-electron chi connectivity index (χ4n) is 0.206. The smallest absolute Gasteiger partial charge is 0.305 e. The fourth-order valence-corrected chi connectivity index (χ4v) is 0.257. The molecule has 0 saturated carbocycles. The van der Waals surface area contributed by atoms with Gasteiger partial charge in [-0.2, -0.15) is 0 Å². The number of hydrogen-bond acceptors (Lipinski definition) is 3. The number of rotatable bonds is 1. The molecule has 0 rings (SSSR count). The summed E-state index contributed by atoms with van der Waals surface area (Å²) >= 11 is 4.34. The zero-order chi connectivity index (χ0) is 8.15. The van der Waals surface area contributed by atoms with Gasteiger partial charge in [0, 0.05) is 6.92 Å². The third kappa shape index (κ3) is 3.79. The van der Waals surface area contributed by atoms with Crippen LogP contribution in [0.3, 0.4) is 0 Å². The number of ketones is 1. The summed E-state index contributed by atoms with van der Waals surface area (Å²) in [5.74, 6) is -1.38. The molecule has 0 heterocycles. The van der Waals surface area contributed by atoms with Crippen molar-refractivity contribution in [3.63, 3.8) is 0 Å². The number of hydrogen-bond donors (Lipinski definition) is 3. The summed E-state index contributed by atoms with van der Waals surface area (Å²) in [6.07, 6.45) is 0. The second-order valence-electron chi connectivity index (χ2n) is 1.50. The zero-order valence-electron chi connectivity index (χ0n) is 5.30. The van der Waals surface area contributed by atoms with Crippen molar-refractivity contribution in [3.05, 3.63) is 0 Å². The molecule has 1 amide bonds. The van der Waals surface area contributed by atoms with Crippen LogP contribution < -0.4 is 16.6 Å². The Hall–Kier alpha value is -1.17. The van der Waals surface area contributed by atoms with E-state index in [1.165, 1.54) is 0 Å². The van der Waals surface area contributed by atoms with Gasteiger partial charge >= 0.3 is 5.91 Å². The average Bonchev–Trinajstić information content (AvgIpc) is 1.82. The Labute approximate surface area is 62.9 Å². The minimum atomic E-state index is -0.771. The third-order valence-electron chi connectivity index (χ3n) is 0.619. The molecule has 0 aliphatic rings. The molecule has 10 heavy (non-hydrogen) atoms. The molecule has 0 unspecified atom stereocenters. The highest BCUT2D eigenvalue weighted by molar-refractivity contribution is 7.80. The highest BCUT2D eigenvalue weighted by Crippen LogP contribution is 1.65. The van der Waals surface area contributed by atoms with Crippen LogP contribution in [0.5, 0.6) is 0 Å². The average molecular weight is 161 g/mol. The van der Waals surface area contributed by atoms with Crippen LogP contribution in [0, 0.1) is 0 Å². The van der Waals surface area contributed by atoms with E-state index in [-0.39, 0.29) is 5.11 Å². The molecule has 4 N–H and O–H groups in total. The van der Waals surface area contributed by atoms with E-state index in [1.807, 2.05) is 5.43 Å². The van der Waals surface area contributed by atoms with Crippen LogP contribution in [0.15, 0.2) is 0 Å². The number of hydrazine groups is 1. The van der Waals surface area contributed by atoms with E-state index in [1.54, 1.807) is 0 Å². The minimum Gasteiger partial charge on any atom is -0.375 e. The van der Waals surface area contributed by atoms with Crippen LogP contribution in [0.4, 0.5) is 0 Å². The number of carbonyl (C=O) groups excluding carboxylic acids is 2. The lowest BCUT2D eigenvalue weighted by Gasteiger charge is -2.01. The number of thiocarbonyl (C=S) groups is 1. The van der Waals surface area contributed by atoms with Gasteiger partial charge in [-0.25, -0.2) is 0 Å². The highest BCUT2D eigenvalue weighted by atomic mass is 32.1. The molecule has 0 aromatic carbocycles. The van der Waals surface area contributed by atoms with Crippen molar-refractivity contribution in [1.29, 1.82) is 0 Å². The molecule has 56 valence electrons. The summed E-state index contributed by atoms with van der Waals surface area (Å²) in [5, 5.41) is -0.0883. The van der Waals surface area contributed by atoms with E-state index < -0.39 is 11.7 Å². The van der Waals surface area contributed by atoms with E-state index in [0.717, 1.165) is 6.92 Å². The summed E-state index contributed by atoms with van der Waals surface area (Å²) in [6.45, 7) is 1.14. The first-order valence-corrected chi connectivity index (χ1v) is 2.81. The molecule has 0 saturated heterocycles. The molecule has 0 aromatic heterocycles. The quantitative estimate of drug-likeness (QED) is 0.246. The maximum atomic E-state index is 10.4. The molecular weight excluding hydrogens is 154 g/mol. The summed E-state index contributed by atoms with van der Waals surface area (Å²) in [7, 11) is 0. The number of nitrogens with two attached hydrogens (primary N) is 1. The molecule has 6 heteroatoms. The van der Waals surface area contributed by atoms with Gasteiger partial charge in [0.2, 0.25) is 5.78 Å². The van der Waals surface area contributed by atoms with Crippen LogP contribution in [0.2, 0.25) is 0 Å². The van der Waals surface area contributed by atoms with Gasteiger partial charge in [-0.05, 0) is 12.2 Å². The van der Waals surface area contributed by atoms with E-state index in [9.17, 15) is 9.59 Å². The Morgan fingerprint density at radius 3 is 2.20 bits per heavy atom. The minimum absolute atomic E-state index is 0.0883. The largest absolute Gasteiger partial charge is 0.375 e. The van der Waals surface area contributed by atoms with Gasteiger partial charge in [-0.3, -0.25) is 20.4 Å². The first kappa shape index (κ1) is 8.83. The van der Waals surface area contributed by atoms with Crippen molar-refractivity contribution in [1.82, 2.24) is 10.9 Å². The van der Waals surface area contributed by atoms with E-state index in [2.05, 4.69) is 17.6 Å². The lowest BCUT2D eigenvalue weighted by Crippen LogP contribution is -2.46. The predicted molar refractivity (Wildman–Crippen MR) is 38.7 cm³/mol. The zero-order valence-corrected chi connectivity index (χ0v) is 6.12. The lowest BCUT2D eigenvalue weighted by molar-refractivity contribution is -0.137. The number of carbonyl (C=O) groups is 2. The van der Waals surface area contributed by atoms with Gasteiger partial charge in [-0.15, -0.1) is 0 Å². The van der Waals surface area contributed by atoms with Crippen molar-refractivity contribution in [3.8, 4) is 0 Å². The van der Waals surface area contributed by atoms with Gasteiger partial charge < -0.3 is 5.73 Å². The van der Waals surface area contributed by atoms with E-state index in [0.29, 0.717) is 0 Å². The van der Waals surface area contributed by atoms with Crippen molar-refractivity contribution < 1.29 is 9.59 Å². The van der Waals surface area contributed by atoms with Crippen LogP contribution >= 0.6 is 12.2 Å². The number of Topliss-reactive ketones (excluding diaryl/α,β-unsaturated/α-hetero) is 1. The first-order chi connectivity index (χ1) is 4.54. The second kappa shape index (κ2) is 3.78. The van der Waals surface area contributed by atoms with Crippen LogP contribution in [0.25, 0.3) is 0 Å². The maximum absolute atomic E-state index is 10.4. The monoisotopic (exact) mass is 161 g/mol. The standard InChI is InChI=1S/C4H7N3O2S/c1-2(8)3(9)6-7-4(5)10/h1H3,(H,6,9)(H3,5,7,10). The SMILES string of the molecule is CC(=O)C(=O)NNC(N)=S. The molecule has 0 aliphatic carbocycles. The molecule has 0 aromatic rings. The van der Waals surface area contributed by atoms with Gasteiger partial charge in [0.05, 0.1) is 0 Å². The highest BCUT2D eigenvalue weighted by Gasteiger charge is 2.04. The molecule has 0 spiro atoms. The molecule has 0 atom stereocenters. The van der Waals surface area contributed by atoms with Gasteiger partial charge in [0.15, 0.2) is 5.11 Å². The fraction of sp³-hybridized carbons (Fsp3) is 0.250.